The monoisotopic (exact) mass is 368 g/mol. The number of allylic oxidation sites excluding steroid dienone is 2. The van der Waals surface area contributed by atoms with Gasteiger partial charge in [0.15, 0.2) is 6.29 Å². The molecule has 0 heterocycles. The minimum Gasteiger partial charge on any atom is -0.481 e. The Labute approximate surface area is 160 Å². The van der Waals surface area contributed by atoms with Crippen molar-refractivity contribution in [3.05, 3.63) is 24.3 Å². The molecular formula is C22H40O4. The molecular weight excluding hydrogens is 328 g/mol. The van der Waals surface area contributed by atoms with E-state index in [2.05, 4.69) is 38.2 Å². The second kappa shape index (κ2) is 20.2. The van der Waals surface area contributed by atoms with Crippen LogP contribution in [0.3, 0.4) is 0 Å². The summed E-state index contributed by atoms with van der Waals surface area (Å²) < 4.78 is 11.4. The molecule has 4 heteroatoms. The van der Waals surface area contributed by atoms with Gasteiger partial charge in [0, 0.05) is 6.42 Å². The first-order chi connectivity index (χ1) is 12.7. The first-order valence-corrected chi connectivity index (χ1v) is 10.5. The molecule has 0 bridgehead atoms. The van der Waals surface area contributed by atoms with Crippen LogP contribution in [0, 0.1) is 0 Å². The number of rotatable bonds is 19. The Morgan fingerprint density at radius 3 is 1.69 bits per heavy atom. The highest BCUT2D eigenvalue weighted by atomic mass is 16.7. The predicted octanol–water partition coefficient (Wildman–Crippen LogP) is 6.26. The third-order valence-corrected chi connectivity index (χ3v) is 4.05. The third kappa shape index (κ3) is 19.2. The predicted molar refractivity (Wildman–Crippen MR) is 108 cm³/mol. The Bertz CT molecular complexity index is 337. The van der Waals surface area contributed by atoms with E-state index in [9.17, 15) is 4.79 Å². The van der Waals surface area contributed by atoms with E-state index in [1.165, 1.54) is 38.5 Å². The van der Waals surface area contributed by atoms with E-state index in [1.54, 1.807) is 0 Å². The van der Waals surface area contributed by atoms with Gasteiger partial charge in [-0.15, -0.1) is 0 Å². The number of unbranched alkanes of at least 4 members (excludes halogenated alkanes) is 6. The van der Waals surface area contributed by atoms with Gasteiger partial charge in [-0.2, -0.15) is 0 Å². The number of carboxylic acid groups (broad SMARTS) is 1. The highest BCUT2D eigenvalue weighted by Gasteiger charge is 2.11. The van der Waals surface area contributed by atoms with Gasteiger partial charge < -0.3 is 14.6 Å². The highest BCUT2D eigenvalue weighted by Crippen LogP contribution is 2.08. The van der Waals surface area contributed by atoms with Crippen molar-refractivity contribution in [3.63, 3.8) is 0 Å². The van der Waals surface area contributed by atoms with Crippen molar-refractivity contribution >= 4 is 5.97 Å². The van der Waals surface area contributed by atoms with Crippen LogP contribution in [-0.2, 0) is 14.3 Å². The molecule has 26 heavy (non-hydrogen) atoms. The van der Waals surface area contributed by atoms with Crippen LogP contribution in [0.25, 0.3) is 0 Å². The zero-order chi connectivity index (χ0) is 19.3. The third-order valence-electron chi connectivity index (χ3n) is 4.05. The molecule has 0 rings (SSSR count). The number of hydrogen-bond acceptors (Lipinski definition) is 3. The lowest BCUT2D eigenvalue weighted by Crippen LogP contribution is -2.20. The van der Waals surface area contributed by atoms with Crippen LogP contribution < -0.4 is 0 Å². The van der Waals surface area contributed by atoms with E-state index in [0.29, 0.717) is 19.6 Å². The molecule has 1 N–H and O–H groups in total. The Hall–Kier alpha value is -1.13. The summed E-state index contributed by atoms with van der Waals surface area (Å²) >= 11 is 0. The topological polar surface area (TPSA) is 55.8 Å². The molecule has 0 aromatic heterocycles. The average molecular weight is 369 g/mol. The maximum Gasteiger partial charge on any atom is 0.303 e. The van der Waals surface area contributed by atoms with Crippen LogP contribution in [0.4, 0.5) is 0 Å². The van der Waals surface area contributed by atoms with Gasteiger partial charge in [-0.3, -0.25) is 4.79 Å². The molecule has 0 amide bonds. The summed E-state index contributed by atoms with van der Waals surface area (Å²) in [6, 6.07) is 0. The maximum absolute atomic E-state index is 10.8. The van der Waals surface area contributed by atoms with E-state index in [-0.39, 0.29) is 6.42 Å². The fourth-order valence-electron chi connectivity index (χ4n) is 2.49. The van der Waals surface area contributed by atoms with E-state index in [1.807, 2.05) is 0 Å². The molecule has 0 atom stereocenters. The van der Waals surface area contributed by atoms with E-state index < -0.39 is 12.3 Å². The highest BCUT2D eigenvalue weighted by molar-refractivity contribution is 5.66. The van der Waals surface area contributed by atoms with Gasteiger partial charge in [0.25, 0.3) is 0 Å². The molecule has 0 aliphatic rings. The van der Waals surface area contributed by atoms with E-state index in [4.69, 9.17) is 14.6 Å². The van der Waals surface area contributed by atoms with Crippen molar-refractivity contribution in [2.75, 3.05) is 13.2 Å². The standard InChI is InChI=1S/C22H40O4/c1-3-5-7-9-11-13-15-19-25-22(18-17-21(23)24)26-20-16-14-12-10-8-6-4-2/h11-14,22H,3-10,15-20H2,1-2H3,(H,23,24)/b13-11-,14-12-. The van der Waals surface area contributed by atoms with Crippen LogP contribution in [0.15, 0.2) is 24.3 Å². The minimum absolute atomic E-state index is 0.0738. The van der Waals surface area contributed by atoms with Gasteiger partial charge in [0.1, 0.15) is 0 Å². The molecule has 0 saturated carbocycles. The number of aliphatic carboxylic acids is 1. The van der Waals surface area contributed by atoms with Gasteiger partial charge in [-0.1, -0.05) is 63.8 Å². The lowest BCUT2D eigenvalue weighted by atomic mass is 10.2. The quantitative estimate of drug-likeness (QED) is 0.166. The smallest absolute Gasteiger partial charge is 0.303 e. The summed E-state index contributed by atoms with van der Waals surface area (Å²) in [6.45, 7) is 5.55. The Morgan fingerprint density at radius 1 is 0.808 bits per heavy atom. The fraction of sp³-hybridized carbons (Fsp3) is 0.773. The van der Waals surface area contributed by atoms with E-state index in [0.717, 1.165) is 25.7 Å². The molecule has 4 nitrogen and oxygen atoms in total. The SMILES string of the molecule is CCCCC/C=C\CCOC(CCC(=O)O)OCC/C=C\CCCCC. The van der Waals surface area contributed by atoms with Crippen molar-refractivity contribution in [2.45, 2.75) is 97.2 Å². The molecule has 0 spiro atoms. The van der Waals surface area contributed by atoms with Crippen LogP contribution in [0.1, 0.15) is 90.9 Å². The molecule has 0 aromatic rings. The second-order valence-electron chi connectivity index (χ2n) is 6.62. The number of ether oxygens (including phenoxy) is 2. The van der Waals surface area contributed by atoms with Crippen molar-refractivity contribution in [1.82, 2.24) is 0 Å². The van der Waals surface area contributed by atoms with Crippen LogP contribution >= 0.6 is 0 Å². The number of hydrogen-bond donors (Lipinski definition) is 1. The van der Waals surface area contributed by atoms with Gasteiger partial charge in [0.05, 0.1) is 19.6 Å². The molecule has 0 aliphatic carbocycles. The Balaban J connectivity index is 3.87. The lowest BCUT2D eigenvalue weighted by Gasteiger charge is -2.17. The molecule has 152 valence electrons. The summed E-state index contributed by atoms with van der Waals surface area (Å²) in [5.41, 5.74) is 0. The summed E-state index contributed by atoms with van der Waals surface area (Å²) in [6.07, 6.45) is 20.2. The summed E-state index contributed by atoms with van der Waals surface area (Å²) in [7, 11) is 0. The van der Waals surface area contributed by atoms with Crippen molar-refractivity contribution in [3.8, 4) is 0 Å². The normalized spacial score (nSPS) is 12.0. The van der Waals surface area contributed by atoms with Crippen LogP contribution in [0.2, 0.25) is 0 Å². The van der Waals surface area contributed by atoms with Crippen molar-refractivity contribution < 1.29 is 19.4 Å². The van der Waals surface area contributed by atoms with E-state index >= 15 is 0 Å². The average Bonchev–Trinajstić information content (AvgIpc) is 2.63. The largest absolute Gasteiger partial charge is 0.481 e. The molecule has 0 radical (unpaired) electrons. The lowest BCUT2D eigenvalue weighted by molar-refractivity contribution is -0.154. The zero-order valence-corrected chi connectivity index (χ0v) is 17.0. The van der Waals surface area contributed by atoms with Crippen LogP contribution in [0.5, 0.6) is 0 Å². The molecule has 0 fully saturated rings. The summed E-state index contributed by atoms with van der Waals surface area (Å²) in [5, 5.41) is 8.85. The van der Waals surface area contributed by atoms with Crippen LogP contribution in [-0.4, -0.2) is 30.6 Å². The molecule has 0 unspecified atom stereocenters. The minimum atomic E-state index is -0.811. The van der Waals surface area contributed by atoms with Crippen molar-refractivity contribution in [1.29, 1.82) is 0 Å². The fourth-order valence-corrected chi connectivity index (χ4v) is 2.49. The summed E-state index contributed by atoms with van der Waals surface area (Å²) in [4.78, 5) is 10.8. The Morgan fingerprint density at radius 2 is 1.27 bits per heavy atom. The first-order valence-electron chi connectivity index (χ1n) is 10.5. The maximum atomic E-state index is 10.8. The molecule has 0 saturated heterocycles. The zero-order valence-electron chi connectivity index (χ0n) is 17.0. The van der Waals surface area contributed by atoms with Gasteiger partial charge >= 0.3 is 5.97 Å². The Kier molecular flexibility index (Phi) is 19.3. The van der Waals surface area contributed by atoms with Gasteiger partial charge in [-0.05, 0) is 38.5 Å². The second-order valence-corrected chi connectivity index (χ2v) is 6.62. The van der Waals surface area contributed by atoms with Crippen molar-refractivity contribution in [2.24, 2.45) is 0 Å². The molecule has 0 aromatic carbocycles. The number of carbonyl (C=O) groups is 1. The molecule has 0 aliphatic heterocycles. The van der Waals surface area contributed by atoms with Gasteiger partial charge in [-0.25, -0.2) is 0 Å². The number of carboxylic acids is 1. The first kappa shape index (κ1) is 24.9. The van der Waals surface area contributed by atoms with Gasteiger partial charge in [0.2, 0.25) is 0 Å². The summed E-state index contributed by atoms with van der Waals surface area (Å²) in [5.74, 6) is -0.811.